The highest BCUT2D eigenvalue weighted by atomic mass is 19.4. The second kappa shape index (κ2) is 4.99. The first-order chi connectivity index (χ1) is 7.86. The molecular weight excluding hydrogens is 240 g/mol. The van der Waals surface area contributed by atoms with Crippen molar-refractivity contribution < 1.29 is 27.1 Å². The summed E-state index contributed by atoms with van der Waals surface area (Å²) in [5.41, 5.74) is -1.44. The smallest absolute Gasteiger partial charge is 0.416 e. The Kier molecular flexibility index (Phi) is 3.88. The van der Waals surface area contributed by atoms with Gasteiger partial charge in [0.25, 0.3) is 0 Å². The summed E-state index contributed by atoms with van der Waals surface area (Å²) in [7, 11) is 0.936. The molecule has 17 heavy (non-hydrogen) atoms. The molecule has 0 N–H and O–H groups in total. The molecule has 6 heteroatoms. The van der Waals surface area contributed by atoms with E-state index in [2.05, 4.69) is 4.74 Å². The number of ether oxygens (including phenoxy) is 1. The van der Waals surface area contributed by atoms with Crippen LogP contribution >= 0.6 is 0 Å². The molecule has 1 aromatic rings. The molecule has 92 valence electrons. The second-order valence-electron chi connectivity index (χ2n) is 3.07. The SMILES string of the molecule is COC(=O)/C(F)=C/c1ccccc1C(F)(F)F. The molecule has 0 atom stereocenters. The lowest BCUT2D eigenvalue weighted by Gasteiger charge is -2.09. The Labute approximate surface area is 94.5 Å². The largest absolute Gasteiger partial charge is 0.464 e. The second-order valence-corrected chi connectivity index (χ2v) is 3.07. The van der Waals surface area contributed by atoms with Crippen molar-refractivity contribution >= 4 is 12.0 Å². The van der Waals surface area contributed by atoms with Crippen molar-refractivity contribution in [2.24, 2.45) is 0 Å². The molecule has 0 amide bonds. The first kappa shape index (κ1) is 13.2. The van der Waals surface area contributed by atoms with Crippen LogP contribution in [-0.2, 0) is 15.7 Å². The van der Waals surface area contributed by atoms with Crippen LogP contribution in [0.5, 0.6) is 0 Å². The van der Waals surface area contributed by atoms with Gasteiger partial charge in [0.1, 0.15) is 0 Å². The van der Waals surface area contributed by atoms with E-state index < -0.39 is 29.1 Å². The zero-order valence-electron chi connectivity index (χ0n) is 8.72. The molecule has 0 fully saturated rings. The Morgan fingerprint density at radius 2 is 1.88 bits per heavy atom. The molecular formula is C11H8F4O2. The molecule has 0 aliphatic carbocycles. The van der Waals surface area contributed by atoms with Gasteiger partial charge >= 0.3 is 12.1 Å². The van der Waals surface area contributed by atoms with Gasteiger partial charge in [-0.2, -0.15) is 17.6 Å². The number of carbonyl (C=O) groups excluding carboxylic acids is 1. The van der Waals surface area contributed by atoms with Gasteiger partial charge in [-0.3, -0.25) is 0 Å². The molecule has 0 aliphatic rings. The van der Waals surface area contributed by atoms with Gasteiger partial charge in [-0.25, -0.2) is 4.79 Å². The van der Waals surface area contributed by atoms with E-state index in [0.29, 0.717) is 6.08 Å². The maximum atomic E-state index is 13.1. The van der Waals surface area contributed by atoms with E-state index in [1.54, 1.807) is 0 Å². The highest BCUT2D eigenvalue weighted by Gasteiger charge is 2.32. The average molecular weight is 248 g/mol. The summed E-state index contributed by atoms with van der Waals surface area (Å²) in [6.45, 7) is 0. The van der Waals surface area contributed by atoms with Crippen LogP contribution in [0.4, 0.5) is 17.6 Å². The highest BCUT2D eigenvalue weighted by Crippen LogP contribution is 2.32. The average Bonchev–Trinajstić information content (AvgIpc) is 2.27. The fraction of sp³-hybridized carbons (Fsp3) is 0.182. The van der Waals surface area contributed by atoms with Gasteiger partial charge in [0.2, 0.25) is 5.83 Å². The maximum absolute atomic E-state index is 13.1. The third-order valence-electron chi connectivity index (χ3n) is 1.93. The lowest BCUT2D eigenvalue weighted by atomic mass is 10.1. The zero-order chi connectivity index (χ0) is 13.1. The summed E-state index contributed by atoms with van der Waals surface area (Å²) >= 11 is 0. The minimum atomic E-state index is -4.61. The van der Waals surface area contributed by atoms with Crippen molar-refractivity contribution in [1.82, 2.24) is 0 Å². The number of methoxy groups -OCH3 is 1. The molecule has 0 spiro atoms. The van der Waals surface area contributed by atoms with Gasteiger partial charge in [0, 0.05) is 0 Å². The molecule has 0 aromatic heterocycles. The number of esters is 1. The summed E-state index contributed by atoms with van der Waals surface area (Å²) in [6, 6.07) is 4.35. The normalized spacial score (nSPS) is 12.4. The van der Waals surface area contributed by atoms with Crippen molar-refractivity contribution in [3.63, 3.8) is 0 Å². The van der Waals surface area contributed by atoms with E-state index in [9.17, 15) is 22.4 Å². The summed E-state index contributed by atoms with van der Waals surface area (Å²) in [5, 5.41) is 0. The first-order valence-electron chi connectivity index (χ1n) is 4.48. The Balaban J connectivity index is 3.20. The molecule has 0 aliphatic heterocycles. The van der Waals surface area contributed by atoms with Crippen molar-refractivity contribution in [1.29, 1.82) is 0 Å². The van der Waals surface area contributed by atoms with Gasteiger partial charge in [0.15, 0.2) is 0 Å². The van der Waals surface area contributed by atoms with E-state index in [1.807, 2.05) is 0 Å². The lowest BCUT2D eigenvalue weighted by molar-refractivity contribution is -0.139. The highest BCUT2D eigenvalue weighted by molar-refractivity contribution is 5.91. The predicted octanol–water partition coefficient (Wildman–Crippen LogP) is 3.19. The minimum Gasteiger partial charge on any atom is -0.464 e. The molecule has 0 radical (unpaired) electrons. The summed E-state index contributed by atoms with van der Waals surface area (Å²) in [5.74, 6) is -2.70. The monoisotopic (exact) mass is 248 g/mol. The number of benzene rings is 1. The van der Waals surface area contributed by atoms with Crippen LogP contribution in [0, 0.1) is 0 Å². The molecule has 0 bridgehead atoms. The number of carbonyl (C=O) groups is 1. The lowest BCUT2D eigenvalue weighted by Crippen LogP contribution is -2.08. The standard InChI is InChI=1S/C11H8F4O2/c1-17-10(16)9(12)6-7-4-2-3-5-8(7)11(13,14)15/h2-6H,1H3/b9-6-. The fourth-order valence-corrected chi connectivity index (χ4v) is 1.17. The molecule has 0 saturated heterocycles. The number of rotatable bonds is 2. The van der Waals surface area contributed by atoms with Crippen molar-refractivity contribution in [3.8, 4) is 0 Å². The van der Waals surface area contributed by atoms with Crippen molar-refractivity contribution in [2.45, 2.75) is 6.18 Å². The molecule has 2 nitrogen and oxygen atoms in total. The minimum absolute atomic E-state index is 0.428. The van der Waals surface area contributed by atoms with E-state index in [0.717, 1.165) is 19.2 Å². The van der Waals surface area contributed by atoms with Crippen LogP contribution in [-0.4, -0.2) is 13.1 Å². The Bertz CT molecular complexity index is 449. The van der Waals surface area contributed by atoms with Crippen molar-refractivity contribution in [2.75, 3.05) is 7.11 Å². The van der Waals surface area contributed by atoms with Crippen LogP contribution in [0.15, 0.2) is 30.1 Å². The van der Waals surface area contributed by atoms with Gasteiger partial charge in [0.05, 0.1) is 12.7 Å². The summed E-state index contributed by atoms with van der Waals surface area (Å²) in [4.78, 5) is 10.7. The van der Waals surface area contributed by atoms with Crippen molar-refractivity contribution in [3.05, 3.63) is 41.2 Å². The quantitative estimate of drug-likeness (QED) is 0.456. The third kappa shape index (κ3) is 3.30. The number of hydrogen-bond acceptors (Lipinski definition) is 2. The number of alkyl halides is 3. The molecule has 0 unspecified atom stereocenters. The number of hydrogen-bond donors (Lipinski definition) is 0. The zero-order valence-corrected chi connectivity index (χ0v) is 8.72. The van der Waals surface area contributed by atoms with Gasteiger partial charge in [-0.1, -0.05) is 18.2 Å². The van der Waals surface area contributed by atoms with Crippen LogP contribution in [0.3, 0.4) is 0 Å². The molecule has 0 heterocycles. The topological polar surface area (TPSA) is 26.3 Å². The predicted molar refractivity (Wildman–Crippen MR) is 52.5 cm³/mol. The molecule has 1 aromatic carbocycles. The summed E-state index contributed by atoms with van der Waals surface area (Å²) in [6.07, 6.45) is -4.11. The summed E-state index contributed by atoms with van der Waals surface area (Å²) < 4.78 is 54.7. The molecule has 1 rings (SSSR count). The van der Waals surface area contributed by atoms with E-state index >= 15 is 0 Å². The van der Waals surface area contributed by atoms with Gasteiger partial charge in [-0.15, -0.1) is 0 Å². The van der Waals surface area contributed by atoms with Crippen LogP contribution < -0.4 is 0 Å². The first-order valence-corrected chi connectivity index (χ1v) is 4.48. The molecule has 0 saturated carbocycles. The van der Waals surface area contributed by atoms with Gasteiger partial charge in [-0.05, 0) is 17.7 Å². The fourth-order valence-electron chi connectivity index (χ4n) is 1.17. The van der Waals surface area contributed by atoms with Crippen LogP contribution in [0.1, 0.15) is 11.1 Å². The van der Waals surface area contributed by atoms with Crippen LogP contribution in [0.2, 0.25) is 0 Å². The van der Waals surface area contributed by atoms with E-state index in [1.165, 1.54) is 12.1 Å². The number of halogens is 4. The van der Waals surface area contributed by atoms with Gasteiger partial charge < -0.3 is 4.74 Å². The Morgan fingerprint density at radius 3 is 2.41 bits per heavy atom. The van der Waals surface area contributed by atoms with E-state index in [4.69, 9.17) is 0 Å². The Hall–Kier alpha value is -1.85. The van der Waals surface area contributed by atoms with Crippen LogP contribution in [0.25, 0.3) is 6.08 Å². The van der Waals surface area contributed by atoms with E-state index in [-0.39, 0.29) is 0 Å². The Morgan fingerprint density at radius 1 is 1.29 bits per heavy atom. The third-order valence-corrected chi connectivity index (χ3v) is 1.93. The maximum Gasteiger partial charge on any atom is 0.416 e.